The Bertz CT molecular complexity index is 442. The summed E-state index contributed by atoms with van der Waals surface area (Å²) in [6.07, 6.45) is 2.94. The first-order valence-electron chi connectivity index (χ1n) is 7.13. The van der Waals surface area contributed by atoms with Crippen LogP contribution in [0.5, 0.6) is 0 Å². The van der Waals surface area contributed by atoms with Gasteiger partial charge in [0.25, 0.3) is 10.1 Å². The van der Waals surface area contributed by atoms with E-state index in [1.54, 1.807) is 6.92 Å². The Morgan fingerprint density at radius 1 is 1.14 bits per heavy atom. The van der Waals surface area contributed by atoms with Gasteiger partial charge in [-0.2, -0.15) is 8.42 Å². The van der Waals surface area contributed by atoms with Crippen LogP contribution in [0.3, 0.4) is 0 Å². The molecule has 7 heteroatoms. The van der Waals surface area contributed by atoms with E-state index < -0.39 is 10.1 Å². The van der Waals surface area contributed by atoms with Crippen molar-refractivity contribution in [3.63, 3.8) is 0 Å². The van der Waals surface area contributed by atoms with Crippen molar-refractivity contribution >= 4 is 16.1 Å². The molecule has 0 aromatic rings. The molecule has 0 fully saturated rings. The van der Waals surface area contributed by atoms with E-state index in [-0.39, 0.29) is 11.7 Å². The highest BCUT2D eigenvalue weighted by Crippen LogP contribution is 2.06. The van der Waals surface area contributed by atoms with Crippen LogP contribution in [0.4, 0.5) is 0 Å². The van der Waals surface area contributed by atoms with Gasteiger partial charge in [-0.15, -0.1) is 0 Å². The molecule has 0 unspecified atom stereocenters. The molecular weight excluding hydrogens is 294 g/mol. The zero-order valence-corrected chi connectivity index (χ0v) is 14.1. The topological polar surface area (TPSA) is 80.7 Å². The van der Waals surface area contributed by atoms with E-state index in [0.29, 0.717) is 18.6 Å². The van der Waals surface area contributed by atoms with Crippen LogP contribution >= 0.6 is 0 Å². The second-order valence-electron chi connectivity index (χ2n) is 6.00. The van der Waals surface area contributed by atoms with Gasteiger partial charge in [0, 0.05) is 5.57 Å². The molecule has 0 spiro atoms. The van der Waals surface area contributed by atoms with E-state index in [0.717, 1.165) is 36.8 Å². The number of quaternary nitrogens is 1. The molecule has 124 valence electrons. The lowest BCUT2D eigenvalue weighted by Gasteiger charge is -2.29. The van der Waals surface area contributed by atoms with Gasteiger partial charge in [0.15, 0.2) is 0 Å². The molecule has 0 radical (unpaired) electrons. The molecule has 0 saturated heterocycles. The molecule has 0 bridgehead atoms. The minimum atomic E-state index is -3.84. The van der Waals surface area contributed by atoms with E-state index in [9.17, 15) is 13.2 Å². The first-order chi connectivity index (χ1) is 9.53. The molecule has 6 nitrogen and oxygen atoms in total. The van der Waals surface area contributed by atoms with Gasteiger partial charge in [0.2, 0.25) is 0 Å². The predicted octanol–water partition coefficient (Wildman–Crippen LogP) is 1.63. The molecule has 0 heterocycles. The summed E-state index contributed by atoms with van der Waals surface area (Å²) in [5, 5.41) is 0. The fourth-order valence-electron chi connectivity index (χ4n) is 1.87. The number of carbonyl (C=O) groups excluding carboxylic acids is 1. The Morgan fingerprint density at radius 3 is 2.14 bits per heavy atom. The highest BCUT2D eigenvalue weighted by Gasteiger charge is 2.15. The molecule has 0 saturated carbocycles. The lowest BCUT2D eigenvalue weighted by atomic mass is 10.2. The van der Waals surface area contributed by atoms with Gasteiger partial charge in [-0.1, -0.05) is 6.58 Å². The van der Waals surface area contributed by atoms with Crippen LogP contribution in [0.1, 0.15) is 32.6 Å². The molecular formula is C14H28NO5S+. The average molecular weight is 322 g/mol. The Balaban J connectivity index is 3.73. The summed E-state index contributed by atoms with van der Waals surface area (Å²) in [7, 11) is 0.310. The van der Waals surface area contributed by atoms with Crippen molar-refractivity contribution in [2.75, 3.05) is 39.5 Å². The summed E-state index contributed by atoms with van der Waals surface area (Å²) in [6, 6.07) is 0. The van der Waals surface area contributed by atoms with Gasteiger partial charge in [-0.05, 0) is 32.6 Å². The SMILES string of the molecule is C=C(C)C(=O)OCCCC[N+](C)(C)CCCCS(=O)(=O)O. The van der Waals surface area contributed by atoms with Gasteiger partial charge in [0.05, 0.1) is 39.5 Å². The molecule has 0 aliphatic carbocycles. The molecule has 0 aromatic heterocycles. The van der Waals surface area contributed by atoms with Crippen LogP contribution in [0.15, 0.2) is 12.2 Å². The second kappa shape index (κ2) is 9.17. The van der Waals surface area contributed by atoms with E-state index in [4.69, 9.17) is 9.29 Å². The van der Waals surface area contributed by atoms with Crippen LogP contribution in [-0.4, -0.2) is 63.0 Å². The fourth-order valence-corrected chi connectivity index (χ4v) is 2.43. The summed E-state index contributed by atoms with van der Waals surface area (Å²) in [5.41, 5.74) is 0.407. The summed E-state index contributed by atoms with van der Waals surface area (Å²) in [6.45, 7) is 7.31. The quantitative estimate of drug-likeness (QED) is 0.206. The second-order valence-corrected chi connectivity index (χ2v) is 7.57. The van der Waals surface area contributed by atoms with Crippen molar-refractivity contribution in [3.8, 4) is 0 Å². The summed E-state index contributed by atoms with van der Waals surface area (Å²) in [4.78, 5) is 11.2. The Labute approximate surface area is 128 Å². The molecule has 1 N–H and O–H groups in total. The molecule has 0 aromatic carbocycles. The van der Waals surface area contributed by atoms with Crippen LogP contribution in [0, 0.1) is 0 Å². The minimum Gasteiger partial charge on any atom is -0.462 e. The van der Waals surface area contributed by atoms with Gasteiger partial charge in [-0.3, -0.25) is 4.55 Å². The zero-order chi connectivity index (χ0) is 16.5. The lowest BCUT2D eigenvalue weighted by Crippen LogP contribution is -2.41. The molecule has 0 amide bonds. The molecule has 0 aliphatic rings. The van der Waals surface area contributed by atoms with E-state index in [1.807, 2.05) is 0 Å². The van der Waals surface area contributed by atoms with Crippen LogP contribution in [-0.2, 0) is 19.6 Å². The highest BCUT2D eigenvalue weighted by molar-refractivity contribution is 7.85. The van der Waals surface area contributed by atoms with Gasteiger partial charge in [-0.25, -0.2) is 4.79 Å². The maximum Gasteiger partial charge on any atom is 0.333 e. The minimum absolute atomic E-state index is 0.177. The smallest absolute Gasteiger partial charge is 0.333 e. The molecule has 21 heavy (non-hydrogen) atoms. The van der Waals surface area contributed by atoms with Crippen molar-refractivity contribution in [1.29, 1.82) is 0 Å². The third-order valence-electron chi connectivity index (χ3n) is 3.16. The van der Waals surface area contributed by atoms with E-state index in [2.05, 4.69) is 20.7 Å². The standard InChI is InChI=1S/C14H27NO5S/c1-13(2)14(16)20-11-7-5-9-15(3,4)10-6-8-12-21(17,18)19/h1,5-12H2,2-4H3/p+1. The van der Waals surface area contributed by atoms with E-state index >= 15 is 0 Å². The summed E-state index contributed by atoms with van der Waals surface area (Å²) in [5.74, 6) is -0.530. The summed E-state index contributed by atoms with van der Waals surface area (Å²) >= 11 is 0. The number of ether oxygens (including phenoxy) is 1. The van der Waals surface area contributed by atoms with Gasteiger partial charge in [0.1, 0.15) is 0 Å². The first-order valence-corrected chi connectivity index (χ1v) is 8.74. The number of nitrogens with zero attached hydrogens (tertiary/aromatic N) is 1. The van der Waals surface area contributed by atoms with Crippen LogP contribution < -0.4 is 0 Å². The first kappa shape index (κ1) is 20.1. The van der Waals surface area contributed by atoms with Crippen molar-refractivity contribution in [3.05, 3.63) is 12.2 Å². The van der Waals surface area contributed by atoms with Crippen LogP contribution in [0.25, 0.3) is 0 Å². The maximum atomic E-state index is 11.2. The van der Waals surface area contributed by atoms with Gasteiger partial charge >= 0.3 is 5.97 Å². The largest absolute Gasteiger partial charge is 0.462 e. The average Bonchev–Trinajstić information content (AvgIpc) is 2.32. The van der Waals surface area contributed by atoms with Crippen molar-refractivity contribution in [2.24, 2.45) is 0 Å². The molecule has 0 aliphatic heterocycles. The van der Waals surface area contributed by atoms with Crippen molar-refractivity contribution < 1.29 is 27.0 Å². The number of carbonyl (C=O) groups is 1. The Kier molecular flexibility index (Phi) is 8.77. The zero-order valence-electron chi connectivity index (χ0n) is 13.3. The van der Waals surface area contributed by atoms with Gasteiger partial charge < -0.3 is 9.22 Å². The predicted molar refractivity (Wildman–Crippen MR) is 82.5 cm³/mol. The molecule has 0 rings (SSSR count). The number of unbranched alkanes of at least 4 members (excludes halogenated alkanes) is 2. The number of hydrogen-bond donors (Lipinski definition) is 1. The normalized spacial score (nSPS) is 12.2. The molecule has 0 atom stereocenters. The Hall–Kier alpha value is -0.920. The van der Waals surface area contributed by atoms with Crippen LogP contribution in [0.2, 0.25) is 0 Å². The number of hydrogen-bond acceptors (Lipinski definition) is 4. The number of rotatable bonds is 11. The fraction of sp³-hybridized carbons (Fsp3) is 0.786. The Morgan fingerprint density at radius 2 is 1.67 bits per heavy atom. The van der Waals surface area contributed by atoms with Crippen molar-refractivity contribution in [2.45, 2.75) is 32.6 Å². The lowest BCUT2D eigenvalue weighted by molar-refractivity contribution is -0.890. The van der Waals surface area contributed by atoms with E-state index in [1.165, 1.54) is 0 Å². The maximum absolute atomic E-state index is 11.2. The summed E-state index contributed by atoms with van der Waals surface area (Å²) < 4.78 is 35.7. The monoisotopic (exact) mass is 322 g/mol. The van der Waals surface area contributed by atoms with Crippen molar-refractivity contribution in [1.82, 2.24) is 0 Å². The highest BCUT2D eigenvalue weighted by atomic mass is 32.2. The number of esters is 1. The third-order valence-corrected chi connectivity index (χ3v) is 3.96. The third kappa shape index (κ3) is 12.5.